The van der Waals surface area contributed by atoms with Gasteiger partial charge in [0.05, 0.1) is 18.5 Å². The normalized spacial score (nSPS) is 11.4. The molecule has 0 unspecified atom stereocenters. The highest BCUT2D eigenvalue weighted by Crippen LogP contribution is 2.27. The van der Waals surface area contributed by atoms with Crippen LogP contribution in [0.25, 0.3) is 5.69 Å². The zero-order chi connectivity index (χ0) is 27.3. The standard InChI is InChI=1S/C29H39N5O3/c1-19(2)17-33(28(36)30-24-11-9-10-20(3)21(24)4)18-27(35)31-26-16-25(29(5,6)7)32-34(26)22-12-14-23(37-8)15-13-22/h9-16,19H,17-18H2,1-8H3,(H,30,36)(H,31,35). The monoisotopic (exact) mass is 505 g/mol. The second-order valence-electron chi connectivity index (χ2n) is 10.8. The Morgan fingerprint density at radius 3 is 2.32 bits per heavy atom. The molecule has 0 fully saturated rings. The van der Waals surface area contributed by atoms with E-state index in [-0.39, 0.29) is 29.8 Å². The number of hydrogen-bond donors (Lipinski definition) is 2. The van der Waals surface area contributed by atoms with Crippen molar-refractivity contribution < 1.29 is 14.3 Å². The Balaban J connectivity index is 1.83. The topological polar surface area (TPSA) is 88.5 Å². The molecule has 1 aromatic heterocycles. The fraction of sp³-hybridized carbons (Fsp3) is 0.414. The van der Waals surface area contributed by atoms with Gasteiger partial charge in [0.25, 0.3) is 0 Å². The third-order valence-corrected chi connectivity index (χ3v) is 6.12. The first-order valence-electron chi connectivity index (χ1n) is 12.6. The maximum absolute atomic E-state index is 13.2. The molecule has 8 heteroatoms. The molecular weight excluding hydrogens is 466 g/mol. The Morgan fingerprint density at radius 2 is 1.73 bits per heavy atom. The van der Waals surface area contributed by atoms with Gasteiger partial charge in [-0.2, -0.15) is 5.10 Å². The van der Waals surface area contributed by atoms with Gasteiger partial charge >= 0.3 is 6.03 Å². The van der Waals surface area contributed by atoms with Gasteiger partial charge in [0.2, 0.25) is 5.91 Å². The van der Waals surface area contributed by atoms with Crippen molar-refractivity contribution in [3.05, 3.63) is 65.4 Å². The van der Waals surface area contributed by atoms with Gasteiger partial charge in [-0.05, 0) is 61.2 Å². The number of urea groups is 1. The highest BCUT2D eigenvalue weighted by Gasteiger charge is 2.24. The van der Waals surface area contributed by atoms with Crippen LogP contribution < -0.4 is 15.4 Å². The minimum atomic E-state index is -0.309. The summed E-state index contributed by atoms with van der Waals surface area (Å²) in [7, 11) is 1.62. The summed E-state index contributed by atoms with van der Waals surface area (Å²) in [6, 6.07) is 14.8. The summed E-state index contributed by atoms with van der Waals surface area (Å²) in [5.74, 6) is 1.16. The number of rotatable bonds is 8. The molecule has 3 amide bonds. The predicted molar refractivity (Wildman–Crippen MR) is 149 cm³/mol. The molecule has 3 rings (SSSR count). The van der Waals surface area contributed by atoms with Crippen molar-refractivity contribution in [2.75, 3.05) is 30.8 Å². The van der Waals surface area contributed by atoms with E-state index in [1.807, 2.05) is 76.2 Å². The number of carbonyl (C=O) groups excluding carboxylic acids is 2. The van der Waals surface area contributed by atoms with Crippen LogP contribution >= 0.6 is 0 Å². The molecule has 0 aliphatic heterocycles. The number of nitrogens with one attached hydrogen (secondary N) is 2. The summed E-state index contributed by atoms with van der Waals surface area (Å²) in [4.78, 5) is 28.0. The van der Waals surface area contributed by atoms with Gasteiger partial charge < -0.3 is 20.3 Å². The summed E-state index contributed by atoms with van der Waals surface area (Å²) < 4.78 is 6.98. The average molecular weight is 506 g/mol. The van der Waals surface area contributed by atoms with Crippen molar-refractivity contribution in [2.45, 2.75) is 53.9 Å². The van der Waals surface area contributed by atoms with E-state index in [4.69, 9.17) is 9.84 Å². The number of benzene rings is 2. The number of nitrogens with zero attached hydrogens (tertiary/aromatic N) is 3. The van der Waals surface area contributed by atoms with E-state index >= 15 is 0 Å². The van der Waals surface area contributed by atoms with Crippen molar-refractivity contribution >= 4 is 23.4 Å². The third kappa shape index (κ3) is 7.12. The average Bonchev–Trinajstić information content (AvgIpc) is 3.25. The van der Waals surface area contributed by atoms with Gasteiger partial charge in [-0.3, -0.25) is 4.79 Å². The predicted octanol–water partition coefficient (Wildman–Crippen LogP) is 5.92. The molecule has 0 aliphatic rings. The molecule has 198 valence electrons. The van der Waals surface area contributed by atoms with Gasteiger partial charge in [0.1, 0.15) is 18.1 Å². The Kier molecular flexibility index (Phi) is 8.63. The summed E-state index contributed by atoms with van der Waals surface area (Å²) in [6.45, 7) is 14.6. The number of methoxy groups -OCH3 is 1. The summed E-state index contributed by atoms with van der Waals surface area (Å²) in [6.07, 6.45) is 0. The molecule has 37 heavy (non-hydrogen) atoms. The van der Waals surface area contributed by atoms with Crippen molar-refractivity contribution in [1.82, 2.24) is 14.7 Å². The molecule has 0 saturated heterocycles. The lowest BCUT2D eigenvalue weighted by molar-refractivity contribution is -0.116. The van der Waals surface area contributed by atoms with Crippen LogP contribution in [0.4, 0.5) is 16.3 Å². The van der Waals surface area contributed by atoms with Crippen molar-refractivity contribution in [1.29, 1.82) is 0 Å². The summed E-state index contributed by atoms with van der Waals surface area (Å²) in [5, 5.41) is 10.7. The van der Waals surface area contributed by atoms with E-state index in [1.54, 1.807) is 16.7 Å². The Labute approximate surface area is 220 Å². The van der Waals surface area contributed by atoms with E-state index in [0.29, 0.717) is 12.4 Å². The van der Waals surface area contributed by atoms with Crippen LogP contribution in [0.15, 0.2) is 48.5 Å². The number of amides is 3. The van der Waals surface area contributed by atoms with Crippen LogP contribution in [0.5, 0.6) is 5.75 Å². The SMILES string of the molecule is COc1ccc(-n2nc(C(C)(C)C)cc2NC(=O)CN(CC(C)C)C(=O)Nc2cccc(C)c2C)cc1. The number of carbonyl (C=O) groups is 2. The molecule has 1 heterocycles. The quantitative estimate of drug-likeness (QED) is 0.397. The molecule has 0 atom stereocenters. The number of aromatic nitrogens is 2. The molecule has 2 N–H and O–H groups in total. The highest BCUT2D eigenvalue weighted by atomic mass is 16.5. The lowest BCUT2D eigenvalue weighted by Gasteiger charge is -2.25. The third-order valence-electron chi connectivity index (χ3n) is 6.12. The fourth-order valence-electron chi connectivity index (χ4n) is 3.85. The van der Waals surface area contributed by atoms with Gasteiger partial charge in [0.15, 0.2) is 0 Å². The molecular formula is C29H39N5O3. The first-order valence-corrected chi connectivity index (χ1v) is 12.6. The molecule has 2 aromatic carbocycles. The van der Waals surface area contributed by atoms with Crippen LogP contribution in [0.1, 0.15) is 51.4 Å². The second-order valence-corrected chi connectivity index (χ2v) is 10.8. The van der Waals surface area contributed by atoms with Crippen molar-refractivity contribution in [3.63, 3.8) is 0 Å². The smallest absolute Gasteiger partial charge is 0.322 e. The molecule has 0 aliphatic carbocycles. The minimum Gasteiger partial charge on any atom is -0.497 e. The molecule has 0 spiro atoms. The number of anilines is 2. The van der Waals surface area contributed by atoms with Crippen LogP contribution in [0, 0.1) is 19.8 Å². The van der Waals surface area contributed by atoms with Gasteiger partial charge in [-0.1, -0.05) is 46.8 Å². The minimum absolute atomic E-state index is 0.0898. The molecule has 0 bridgehead atoms. The molecule has 8 nitrogen and oxygen atoms in total. The lowest BCUT2D eigenvalue weighted by Crippen LogP contribution is -2.42. The maximum atomic E-state index is 13.2. The van der Waals surface area contributed by atoms with E-state index in [9.17, 15) is 9.59 Å². The Morgan fingerprint density at radius 1 is 1.05 bits per heavy atom. The Bertz CT molecular complexity index is 1240. The molecule has 0 saturated carbocycles. The van der Waals surface area contributed by atoms with Crippen molar-refractivity contribution in [3.8, 4) is 11.4 Å². The first-order chi connectivity index (χ1) is 17.4. The van der Waals surface area contributed by atoms with Crippen LogP contribution in [0.3, 0.4) is 0 Å². The number of ether oxygens (including phenoxy) is 1. The zero-order valence-electron chi connectivity index (χ0n) is 23.2. The summed E-state index contributed by atoms with van der Waals surface area (Å²) in [5.41, 5.74) is 4.25. The van der Waals surface area contributed by atoms with Crippen LogP contribution in [0.2, 0.25) is 0 Å². The molecule has 0 radical (unpaired) electrons. The van der Waals surface area contributed by atoms with E-state index in [2.05, 4.69) is 31.4 Å². The zero-order valence-corrected chi connectivity index (χ0v) is 23.2. The van der Waals surface area contributed by atoms with Crippen molar-refractivity contribution in [2.24, 2.45) is 5.92 Å². The maximum Gasteiger partial charge on any atom is 0.322 e. The number of aryl methyl sites for hydroxylation is 1. The Hall–Kier alpha value is -3.81. The lowest BCUT2D eigenvalue weighted by atomic mass is 9.92. The van der Waals surface area contributed by atoms with Crippen LogP contribution in [-0.4, -0.2) is 46.8 Å². The van der Waals surface area contributed by atoms with E-state index in [1.165, 1.54) is 0 Å². The molecule has 3 aromatic rings. The second kappa shape index (κ2) is 11.5. The van der Waals surface area contributed by atoms with E-state index < -0.39 is 0 Å². The van der Waals surface area contributed by atoms with Crippen LogP contribution in [-0.2, 0) is 10.2 Å². The first kappa shape index (κ1) is 27.8. The van der Waals surface area contributed by atoms with E-state index in [0.717, 1.165) is 33.9 Å². The highest BCUT2D eigenvalue weighted by molar-refractivity contribution is 5.97. The largest absolute Gasteiger partial charge is 0.497 e. The van der Waals surface area contributed by atoms with Gasteiger partial charge in [0, 0.05) is 23.7 Å². The fourth-order valence-corrected chi connectivity index (χ4v) is 3.85. The van der Waals surface area contributed by atoms with Gasteiger partial charge in [-0.25, -0.2) is 9.48 Å². The van der Waals surface area contributed by atoms with Gasteiger partial charge in [-0.15, -0.1) is 0 Å². The summed E-state index contributed by atoms with van der Waals surface area (Å²) >= 11 is 0. The number of hydrogen-bond acceptors (Lipinski definition) is 4.